The molecule has 0 unspecified atom stereocenters. The van der Waals surface area contributed by atoms with Gasteiger partial charge in [-0.15, -0.1) is 0 Å². The normalized spacial score (nSPS) is 30.8. The lowest BCUT2D eigenvalue weighted by Crippen LogP contribution is -2.32. The van der Waals surface area contributed by atoms with Crippen molar-refractivity contribution in [2.24, 2.45) is 13.0 Å². The number of hydrogen-bond donors (Lipinski definition) is 1. The predicted molar refractivity (Wildman–Crippen MR) is 82.4 cm³/mol. The first-order chi connectivity index (χ1) is 10.7. The maximum absolute atomic E-state index is 5.96. The number of rotatable bonds is 5. The Hall–Kier alpha value is -1.59. The number of nitrogens with zero attached hydrogens (tertiary/aromatic N) is 2. The zero-order valence-electron chi connectivity index (χ0n) is 13.2. The lowest BCUT2D eigenvalue weighted by atomic mass is 10.1. The van der Waals surface area contributed by atoms with Crippen LogP contribution >= 0.6 is 0 Å². The summed E-state index contributed by atoms with van der Waals surface area (Å²) in [5.41, 5.74) is 0. The summed E-state index contributed by atoms with van der Waals surface area (Å²) in [6, 6.07) is 4.51. The van der Waals surface area contributed by atoms with E-state index >= 15 is 0 Å². The van der Waals surface area contributed by atoms with Crippen LogP contribution in [0.5, 0.6) is 0 Å². The van der Waals surface area contributed by atoms with E-state index in [9.17, 15) is 0 Å². The minimum Gasteiger partial charge on any atom is -0.464 e. The molecule has 4 atom stereocenters. The van der Waals surface area contributed by atoms with Crippen molar-refractivity contribution < 1.29 is 9.15 Å². The van der Waals surface area contributed by atoms with Gasteiger partial charge in [0.05, 0.1) is 6.54 Å². The van der Waals surface area contributed by atoms with Gasteiger partial charge >= 0.3 is 0 Å². The highest BCUT2D eigenvalue weighted by atomic mass is 16.5. The van der Waals surface area contributed by atoms with Crippen LogP contribution in [0.1, 0.15) is 49.1 Å². The molecule has 0 amide bonds. The Balaban J connectivity index is 1.38. The summed E-state index contributed by atoms with van der Waals surface area (Å²) in [6.07, 6.45) is 6.08. The monoisotopic (exact) mass is 301 g/mol. The molecule has 4 rings (SSSR count). The van der Waals surface area contributed by atoms with Crippen molar-refractivity contribution in [1.82, 2.24) is 14.9 Å². The molecule has 1 N–H and O–H groups in total. The summed E-state index contributed by atoms with van der Waals surface area (Å²) in [4.78, 5) is 4.42. The van der Waals surface area contributed by atoms with E-state index in [-0.39, 0.29) is 12.1 Å². The minimum absolute atomic E-state index is 0.0258. The molecule has 2 aliphatic rings. The number of nitrogens with one attached hydrogen (secondary N) is 1. The third kappa shape index (κ3) is 2.59. The van der Waals surface area contributed by atoms with Crippen LogP contribution in [0.15, 0.2) is 28.9 Å². The Labute approximate surface area is 130 Å². The lowest BCUT2D eigenvalue weighted by Gasteiger charge is -2.19. The van der Waals surface area contributed by atoms with Crippen LogP contribution in [0.4, 0.5) is 0 Å². The van der Waals surface area contributed by atoms with Crippen molar-refractivity contribution in [3.63, 3.8) is 0 Å². The Bertz CT molecular complexity index is 648. The number of aryl methyl sites for hydroxylation is 1. The Kier molecular flexibility index (Phi) is 3.54. The Morgan fingerprint density at radius 3 is 3.00 bits per heavy atom. The van der Waals surface area contributed by atoms with E-state index in [4.69, 9.17) is 9.15 Å². The van der Waals surface area contributed by atoms with E-state index < -0.39 is 0 Å². The van der Waals surface area contributed by atoms with Gasteiger partial charge in [-0.1, -0.05) is 6.92 Å². The largest absolute Gasteiger partial charge is 0.464 e. The van der Waals surface area contributed by atoms with Gasteiger partial charge in [-0.05, 0) is 30.9 Å². The maximum Gasteiger partial charge on any atom is 0.139 e. The molecule has 2 aromatic rings. The summed E-state index contributed by atoms with van der Waals surface area (Å²) in [5, 5.41) is 3.58. The van der Waals surface area contributed by atoms with Crippen molar-refractivity contribution in [1.29, 1.82) is 0 Å². The average molecular weight is 301 g/mol. The highest BCUT2D eigenvalue weighted by Crippen LogP contribution is 2.47. The van der Waals surface area contributed by atoms with Crippen molar-refractivity contribution >= 4 is 0 Å². The zero-order valence-corrected chi connectivity index (χ0v) is 13.2. The van der Waals surface area contributed by atoms with Gasteiger partial charge in [0, 0.05) is 38.0 Å². The second kappa shape index (κ2) is 5.56. The molecule has 1 aliphatic heterocycles. The summed E-state index contributed by atoms with van der Waals surface area (Å²) >= 11 is 0. The van der Waals surface area contributed by atoms with Crippen molar-refractivity contribution in [2.75, 3.05) is 6.61 Å². The van der Waals surface area contributed by atoms with Crippen LogP contribution in [-0.4, -0.2) is 22.2 Å². The molecule has 5 nitrogen and oxygen atoms in total. The SMILES string of the molecule is C[C@@H]1C[C@@H]1c1ccc(CN[C@H]2CCO[C@@H]2c2nccn2C)o1. The summed E-state index contributed by atoms with van der Waals surface area (Å²) in [7, 11) is 2.01. The summed E-state index contributed by atoms with van der Waals surface area (Å²) < 4.78 is 13.9. The molecule has 1 saturated carbocycles. The van der Waals surface area contributed by atoms with Crippen LogP contribution in [0.2, 0.25) is 0 Å². The summed E-state index contributed by atoms with van der Waals surface area (Å²) in [6.45, 7) is 3.80. The quantitative estimate of drug-likeness (QED) is 0.922. The molecule has 2 aromatic heterocycles. The number of imidazole rings is 1. The number of furan rings is 1. The van der Waals surface area contributed by atoms with Crippen molar-refractivity contribution in [3.8, 4) is 0 Å². The van der Waals surface area contributed by atoms with Gasteiger partial charge in [0.1, 0.15) is 23.4 Å². The van der Waals surface area contributed by atoms with Gasteiger partial charge in [0.25, 0.3) is 0 Å². The van der Waals surface area contributed by atoms with Gasteiger partial charge in [-0.25, -0.2) is 4.98 Å². The van der Waals surface area contributed by atoms with Gasteiger partial charge in [0.15, 0.2) is 0 Å². The molecular formula is C17H23N3O2. The highest BCUT2D eigenvalue weighted by Gasteiger charge is 2.37. The molecule has 1 saturated heterocycles. The first-order valence-corrected chi connectivity index (χ1v) is 8.13. The zero-order chi connectivity index (χ0) is 15.1. The van der Waals surface area contributed by atoms with E-state index in [2.05, 4.69) is 29.4 Å². The van der Waals surface area contributed by atoms with Gasteiger partial charge in [0.2, 0.25) is 0 Å². The molecule has 0 radical (unpaired) electrons. The first-order valence-electron chi connectivity index (χ1n) is 8.13. The van der Waals surface area contributed by atoms with Crippen LogP contribution in [0, 0.1) is 5.92 Å². The maximum atomic E-state index is 5.96. The van der Waals surface area contributed by atoms with Crippen molar-refractivity contribution in [2.45, 2.75) is 44.4 Å². The fourth-order valence-electron chi connectivity index (χ4n) is 3.34. The smallest absolute Gasteiger partial charge is 0.139 e. The van der Waals surface area contributed by atoms with Gasteiger partial charge in [-0.2, -0.15) is 0 Å². The number of ether oxygens (including phenoxy) is 1. The summed E-state index contributed by atoms with van der Waals surface area (Å²) in [5.74, 6) is 4.57. The third-order valence-corrected chi connectivity index (χ3v) is 4.90. The molecule has 5 heteroatoms. The number of hydrogen-bond acceptors (Lipinski definition) is 4. The fourth-order valence-corrected chi connectivity index (χ4v) is 3.34. The standard InChI is InChI=1S/C17H23N3O2/c1-11-9-13(11)15-4-3-12(22-15)10-19-14-5-8-21-16(14)17-18-6-7-20(17)2/h3-4,6-7,11,13-14,16,19H,5,8-10H2,1-2H3/t11-,13+,14+,16+/m1/s1. The van der Waals surface area contributed by atoms with E-state index in [1.807, 2.05) is 24.0 Å². The fraction of sp³-hybridized carbons (Fsp3) is 0.588. The van der Waals surface area contributed by atoms with E-state index in [1.54, 1.807) is 0 Å². The molecule has 3 heterocycles. The second-order valence-electron chi connectivity index (χ2n) is 6.59. The van der Waals surface area contributed by atoms with E-state index in [0.717, 1.165) is 42.8 Å². The minimum atomic E-state index is 0.0258. The molecule has 2 fully saturated rings. The molecule has 0 bridgehead atoms. The molecule has 118 valence electrons. The Morgan fingerprint density at radius 2 is 2.27 bits per heavy atom. The number of aromatic nitrogens is 2. The Morgan fingerprint density at radius 1 is 1.41 bits per heavy atom. The van der Waals surface area contributed by atoms with Crippen LogP contribution in [0.3, 0.4) is 0 Å². The predicted octanol–water partition coefficient (Wildman–Crippen LogP) is 2.76. The molecule has 1 aliphatic carbocycles. The third-order valence-electron chi connectivity index (χ3n) is 4.90. The van der Waals surface area contributed by atoms with Crippen LogP contribution in [0.25, 0.3) is 0 Å². The van der Waals surface area contributed by atoms with E-state index in [0.29, 0.717) is 5.92 Å². The average Bonchev–Trinajstić information content (AvgIpc) is 2.97. The van der Waals surface area contributed by atoms with Gasteiger partial charge < -0.3 is 19.0 Å². The van der Waals surface area contributed by atoms with E-state index in [1.165, 1.54) is 6.42 Å². The lowest BCUT2D eigenvalue weighted by molar-refractivity contribution is 0.0889. The van der Waals surface area contributed by atoms with Gasteiger partial charge in [-0.3, -0.25) is 0 Å². The molecule has 0 spiro atoms. The van der Waals surface area contributed by atoms with Crippen LogP contribution in [-0.2, 0) is 18.3 Å². The first kappa shape index (κ1) is 14.0. The highest BCUT2D eigenvalue weighted by molar-refractivity contribution is 5.17. The van der Waals surface area contributed by atoms with Crippen molar-refractivity contribution in [3.05, 3.63) is 41.9 Å². The topological polar surface area (TPSA) is 52.2 Å². The molecule has 0 aromatic carbocycles. The molecule has 22 heavy (non-hydrogen) atoms. The van der Waals surface area contributed by atoms with Crippen LogP contribution < -0.4 is 5.32 Å². The second-order valence-corrected chi connectivity index (χ2v) is 6.59. The molecular weight excluding hydrogens is 278 g/mol.